The van der Waals surface area contributed by atoms with E-state index in [1.807, 2.05) is 6.92 Å². The van der Waals surface area contributed by atoms with Crippen LogP contribution in [0, 0.1) is 6.92 Å². The van der Waals surface area contributed by atoms with Gasteiger partial charge in [-0.1, -0.05) is 12.8 Å². The van der Waals surface area contributed by atoms with Crippen LogP contribution in [-0.2, 0) is 0 Å². The zero-order valence-corrected chi connectivity index (χ0v) is 10.6. The first-order valence-electron chi connectivity index (χ1n) is 6.30. The Balaban J connectivity index is 1.99. The lowest BCUT2D eigenvalue weighted by Gasteiger charge is -2.22. The molecule has 4 nitrogen and oxygen atoms in total. The van der Waals surface area contributed by atoms with Crippen molar-refractivity contribution in [3.63, 3.8) is 0 Å². The molecule has 1 fully saturated rings. The van der Waals surface area contributed by atoms with E-state index in [1.165, 1.54) is 6.07 Å². The number of rotatable bonds is 3. The number of aromatic hydroxyl groups is 1. The number of carbonyl (C=O) groups is 1. The fourth-order valence-corrected chi connectivity index (χ4v) is 2.45. The van der Waals surface area contributed by atoms with Gasteiger partial charge in [-0.3, -0.25) is 4.79 Å². The summed E-state index contributed by atoms with van der Waals surface area (Å²) >= 11 is 0. The number of benzene rings is 1. The molecule has 1 aromatic carbocycles. The van der Waals surface area contributed by atoms with Crippen molar-refractivity contribution in [3.8, 4) is 5.75 Å². The SMILES string of the molecule is Cc1cc(O)cc(C(=O)NCC2(O)CCCC2)c1. The van der Waals surface area contributed by atoms with Crippen LogP contribution in [0.4, 0.5) is 0 Å². The third-order valence-corrected chi connectivity index (χ3v) is 3.44. The fraction of sp³-hybridized carbons (Fsp3) is 0.500. The molecule has 0 unspecified atom stereocenters. The van der Waals surface area contributed by atoms with Gasteiger partial charge in [0.05, 0.1) is 5.60 Å². The van der Waals surface area contributed by atoms with Crippen molar-refractivity contribution in [2.45, 2.75) is 38.2 Å². The van der Waals surface area contributed by atoms with E-state index in [1.54, 1.807) is 12.1 Å². The molecule has 0 heterocycles. The molecule has 0 atom stereocenters. The topological polar surface area (TPSA) is 69.6 Å². The molecule has 1 aliphatic carbocycles. The molecule has 1 aromatic rings. The zero-order valence-electron chi connectivity index (χ0n) is 10.6. The van der Waals surface area contributed by atoms with Crippen LogP contribution in [0.25, 0.3) is 0 Å². The van der Waals surface area contributed by atoms with Gasteiger partial charge in [0.25, 0.3) is 5.91 Å². The number of carbonyl (C=O) groups excluding carboxylic acids is 1. The largest absolute Gasteiger partial charge is 0.508 e. The summed E-state index contributed by atoms with van der Waals surface area (Å²) in [6, 6.07) is 4.75. The third-order valence-electron chi connectivity index (χ3n) is 3.44. The zero-order chi connectivity index (χ0) is 13.2. The van der Waals surface area contributed by atoms with Crippen molar-refractivity contribution >= 4 is 5.91 Å². The minimum Gasteiger partial charge on any atom is -0.508 e. The number of aliphatic hydroxyl groups is 1. The Kier molecular flexibility index (Phi) is 3.57. The minimum atomic E-state index is -0.748. The molecule has 0 aliphatic heterocycles. The van der Waals surface area contributed by atoms with Crippen LogP contribution in [0.2, 0.25) is 0 Å². The van der Waals surface area contributed by atoms with Gasteiger partial charge in [-0.15, -0.1) is 0 Å². The number of amides is 1. The average molecular weight is 249 g/mol. The highest BCUT2D eigenvalue weighted by atomic mass is 16.3. The highest BCUT2D eigenvalue weighted by molar-refractivity contribution is 5.94. The van der Waals surface area contributed by atoms with E-state index in [-0.39, 0.29) is 18.2 Å². The van der Waals surface area contributed by atoms with Gasteiger partial charge in [-0.25, -0.2) is 0 Å². The lowest BCUT2D eigenvalue weighted by atomic mass is 10.0. The molecule has 1 saturated carbocycles. The van der Waals surface area contributed by atoms with Gasteiger partial charge in [-0.2, -0.15) is 0 Å². The molecule has 98 valence electrons. The molecule has 3 N–H and O–H groups in total. The molecular weight excluding hydrogens is 230 g/mol. The van der Waals surface area contributed by atoms with Crippen molar-refractivity contribution in [1.82, 2.24) is 5.32 Å². The van der Waals surface area contributed by atoms with Crippen LogP contribution >= 0.6 is 0 Å². The van der Waals surface area contributed by atoms with Crippen molar-refractivity contribution in [1.29, 1.82) is 0 Å². The van der Waals surface area contributed by atoms with Gasteiger partial charge in [0.1, 0.15) is 5.75 Å². The maximum absolute atomic E-state index is 11.9. The summed E-state index contributed by atoms with van der Waals surface area (Å²) in [5.41, 5.74) is 0.510. The van der Waals surface area contributed by atoms with E-state index >= 15 is 0 Å². The Bertz CT molecular complexity index is 430. The highest BCUT2D eigenvalue weighted by Gasteiger charge is 2.31. The fourth-order valence-electron chi connectivity index (χ4n) is 2.45. The molecule has 2 rings (SSSR count). The Morgan fingerprint density at radius 1 is 1.33 bits per heavy atom. The van der Waals surface area contributed by atoms with Crippen molar-refractivity contribution < 1.29 is 15.0 Å². The van der Waals surface area contributed by atoms with Gasteiger partial charge in [0.15, 0.2) is 0 Å². The quantitative estimate of drug-likeness (QED) is 0.764. The number of phenols is 1. The van der Waals surface area contributed by atoms with Crippen LogP contribution in [0.5, 0.6) is 5.75 Å². The molecule has 0 spiro atoms. The van der Waals surface area contributed by atoms with E-state index in [9.17, 15) is 15.0 Å². The standard InChI is InChI=1S/C14H19NO3/c1-10-6-11(8-12(16)7-10)13(17)15-9-14(18)4-2-3-5-14/h6-8,16,18H,2-5,9H2,1H3,(H,15,17). The molecular formula is C14H19NO3. The smallest absolute Gasteiger partial charge is 0.251 e. The predicted octanol–water partition coefficient (Wildman–Crippen LogP) is 1.74. The van der Waals surface area contributed by atoms with Gasteiger partial charge >= 0.3 is 0 Å². The molecule has 4 heteroatoms. The van der Waals surface area contributed by atoms with E-state index in [0.717, 1.165) is 31.2 Å². The Morgan fingerprint density at radius 2 is 2.00 bits per heavy atom. The lowest BCUT2D eigenvalue weighted by molar-refractivity contribution is 0.0449. The molecule has 18 heavy (non-hydrogen) atoms. The maximum atomic E-state index is 11.9. The molecule has 0 aromatic heterocycles. The summed E-state index contributed by atoms with van der Waals surface area (Å²) in [6.45, 7) is 2.10. The van der Waals surface area contributed by atoms with E-state index in [2.05, 4.69) is 5.32 Å². The summed E-state index contributed by atoms with van der Waals surface area (Å²) in [6.07, 6.45) is 3.51. The Morgan fingerprint density at radius 3 is 2.61 bits per heavy atom. The second-order valence-corrected chi connectivity index (χ2v) is 5.17. The first-order chi connectivity index (χ1) is 8.48. The normalized spacial score (nSPS) is 17.7. The van der Waals surface area contributed by atoms with Gasteiger partial charge in [0, 0.05) is 12.1 Å². The van der Waals surface area contributed by atoms with Crippen LogP contribution in [0.15, 0.2) is 18.2 Å². The number of hydrogen-bond donors (Lipinski definition) is 3. The van der Waals surface area contributed by atoms with Crippen LogP contribution < -0.4 is 5.32 Å². The average Bonchev–Trinajstić information content (AvgIpc) is 2.72. The van der Waals surface area contributed by atoms with E-state index in [4.69, 9.17) is 0 Å². The predicted molar refractivity (Wildman–Crippen MR) is 68.6 cm³/mol. The summed E-state index contributed by atoms with van der Waals surface area (Å²) in [4.78, 5) is 11.9. The second kappa shape index (κ2) is 4.98. The summed E-state index contributed by atoms with van der Waals surface area (Å²) in [5.74, 6) is -0.172. The van der Waals surface area contributed by atoms with Crippen molar-refractivity contribution in [2.75, 3.05) is 6.54 Å². The van der Waals surface area contributed by atoms with Crippen molar-refractivity contribution in [3.05, 3.63) is 29.3 Å². The van der Waals surface area contributed by atoms with E-state index in [0.29, 0.717) is 5.56 Å². The molecule has 1 aliphatic rings. The summed E-state index contributed by atoms with van der Waals surface area (Å²) < 4.78 is 0. The van der Waals surface area contributed by atoms with Gasteiger partial charge in [-0.05, 0) is 43.5 Å². The summed E-state index contributed by atoms with van der Waals surface area (Å²) in [5, 5.41) is 22.3. The van der Waals surface area contributed by atoms with Crippen LogP contribution in [0.1, 0.15) is 41.6 Å². The first kappa shape index (κ1) is 12.9. The van der Waals surface area contributed by atoms with Crippen LogP contribution in [0.3, 0.4) is 0 Å². The van der Waals surface area contributed by atoms with Gasteiger partial charge in [0.2, 0.25) is 0 Å². The van der Waals surface area contributed by atoms with Gasteiger partial charge < -0.3 is 15.5 Å². The molecule has 0 bridgehead atoms. The summed E-state index contributed by atoms with van der Waals surface area (Å²) in [7, 11) is 0. The lowest BCUT2D eigenvalue weighted by Crippen LogP contribution is -2.40. The minimum absolute atomic E-state index is 0.0831. The third kappa shape index (κ3) is 3.01. The maximum Gasteiger partial charge on any atom is 0.251 e. The first-order valence-corrected chi connectivity index (χ1v) is 6.30. The molecule has 1 amide bonds. The van der Waals surface area contributed by atoms with Crippen molar-refractivity contribution in [2.24, 2.45) is 0 Å². The number of aryl methyl sites for hydroxylation is 1. The molecule has 0 saturated heterocycles. The number of nitrogens with one attached hydrogen (secondary N) is 1. The Labute approximate surface area is 107 Å². The van der Waals surface area contributed by atoms with E-state index < -0.39 is 5.60 Å². The molecule has 0 radical (unpaired) electrons. The monoisotopic (exact) mass is 249 g/mol. The highest BCUT2D eigenvalue weighted by Crippen LogP contribution is 2.28. The van der Waals surface area contributed by atoms with Crippen LogP contribution in [-0.4, -0.2) is 28.3 Å². The Hall–Kier alpha value is -1.55. The number of phenolic OH excluding ortho intramolecular Hbond substituents is 1. The number of hydrogen-bond acceptors (Lipinski definition) is 3. The second-order valence-electron chi connectivity index (χ2n) is 5.17.